The Morgan fingerprint density at radius 1 is 1.00 bits per heavy atom. The van der Waals surface area contributed by atoms with E-state index < -0.39 is 35.8 Å². The van der Waals surface area contributed by atoms with Gasteiger partial charge in [0.1, 0.15) is 12.3 Å². The average Bonchev–Trinajstić information content (AvgIpc) is 3.65. The molecule has 3 amide bonds. The van der Waals surface area contributed by atoms with Gasteiger partial charge in [-0.3, -0.25) is 19.4 Å². The minimum atomic E-state index is -1.11. The second-order valence-corrected chi connectivity index (χ2v) is 11.2. The van der Waals surface area contributed by atoms with Crippen LogP contribution in [0.25, 0.3) is 0 Å². The highest BCUT2D eigenvalue weighted by Crippen LogP contribution is 2.40. The fourth-order valence-corrected chi connectivity index (χ4v) is 6.18. The van der Waals surface area contributed by atoms with Gasteiger partial charge >= 0.3 is 0 Å². The third-order valence-corrected chi connectivity index (χ3v) is 8.29. The van der Waals surface area contributed by atoms with E-state index >= 15 is 0 Å². The minimum absolute atomic E-state index is 0.0912. The van der Waals surface area contributed by atoms with Gasteiger partial charge in [-0.25, -0.2) is 9.91 Å². The van der Waals surface area contributed by atoms with Gasteiger partial charge < -0.3 is 4.74 Å². The molecule has 1 fully saturated rings. The van der Waals surface area contributed by atoms with Crippen LogP contribution >= 0.6 is 23.2 Å². The topological polar surface area (TPSA) is 107 Å². The number of amides is 3. The Morgan fingerprint density at radius 2 is 1.71 bits per heavy atom. The summed E-state index contributed by atoms with van der Waals surface area (Å²) in [6, 6.07) is 15.7. The molecule has 1 saturated heterocycles. The summed E-state index contributed by atoms with van der Waals surface area (Å²) in [5, 5.41) is 15.8. The summed E-state index contributed by atoms with van der Waals surface area (Å²) in [6.07, 6.45) is 0.492. The second kappa shape index (κ2) is 10.8. The van der Waals surface area contributed by atoms with Crippen molar-refractivity contribution in [2.75, 3.05) is 18.6 Å². The van der Waals surface area contributed by atoms with Crippen molar-refractivity contribution in [3.63, 3.8) is 0 Å². The number of aryl methyl sites for hydroxylation is 2. The Balaban J connectivity index is 1.29. The third-order valence-electron chi connectivity index (χ3n) is 7.68. The number of carbonyl (C=O) groups is 3. The third kappa shape index (κ3) is 4.70. The predicted octanol–water partition coefficient (Wildman–Crippen LogP) is 5.29. The van der Waals surface area contributed by atoms with E-state index in [9.17, 15) is 14.4 Å². The lowest BCUT2D eigenvalue weighted by Gasteiger charge is -2.26. The van der Waals surface area contributed by atoms with Crippen LogP contribution in [0.1, 0.15) is 34.7 Å². The molecule has 0 bridgehead atoms. The molecule has 0 unspecified atom stereocenters. The van der Waals surface area contributed by atoms with Gasteiger partial charge in [-0.05, 0) is 49.2 Å². The molecule has 3 aromatic carbocycles. The molecule has 3 aromatic rings. The van der Waals surface area contributed by atoms with Crippen molar-refractivity contribution in [1.82, 2.24) is 10.0 Å². The van der Waals surface area contributed by atoms with Gasteiger partial charge in [0.15, 0.2) is 12.1 Å². The van der Waals surface area contributed by atoms with Crippen LogP contribution in [0.5, 0.6) is 5.75 Å². The van der Waals surface area contributed by atoms with E-state index in [1.54, 1.807) is 13.2 Å². The highest BCUT2D eigenvalue weighted by Gasteiger charge is 2.56. The Kier molecular flexibility index (Phi) is 7.20. The van der Waals surface area contributed by atoms with Crippen LogP contribution < -0.4 is 9.64 Å². The number of ether oxygens (including phenoxy) is 1. The van der Waals surface area contributed by atoms with Gasteiger partial charge in [-0.1, -0.05) is 70.4 Å². The summed E-state index contributed by atoms with van der Waals surface area (Å²) in [6.45, 7) is 3.73. The van der Waals surface area contributed by atoms with Gasteiger partial charge in [0, 0.05) is 12.0 Å². The minimum Gasteiger partial charge on any atom is -0.497 e. The number of hydrazone groups is 1. The number of para-hydroxylation sites is 1. The normalized spacial score (nSPS) is 21.3. The van der Waals surface area contributed by atoms with E-state index in [1.165, 1.54) is 22.2 Å². The number of hydrogen-bond donors (Lipinski definition) is 0. The number of benzene rings is 3. The number of methoxy groups -OCH3 is 1. The van der Waals surface area contributed by atoms with E-state index in [1.807, 2.05) is 50.2 Å². The molecule has 214 valence electrons. The molecular formula is C30H26Cl2N6O4. The number of nitrogens with zero attached hydrogens (tertiary/aromatic N) is 6. The van der Waals surface area contributed by atoms with Crippen LogP contribution in [0.3, 0.4) is 0 Å². The Labute approximate surface area is 252 Å². The van der Waals surface area contributed by atoms with Crippen LogP contribution in [-0.2, 0) is 14.4 Å². The second-order valence-electron chi connectivity index (χ2n) is 10.4. The molecule has 0 N–H and O–H groups in total. The molecule has 0 aliphatic carbocycles. The largest absolute Gasteiger partial charge is 0.497 e. The maximum Gasteiger partial charge on any atom is 0.264 e. The first-order chi connectivity index (χ1) is 20.2. The van der Waals surface area contributed by atoms with Crippen molar-refractivity contribution in [2.24, 2.45) is 15.4 Å². The van der Waals surface area contributed by atoms with Crippen molar-refractivity contribution < 1.29 is 19.1 Å². The Hall–Kier alpha value is -4.28. The Bertz CT molecular complexity index is 1650. The van der Waals surface area contributed by atoms with Crippen LogP contribution in [0.2, 0.25) is 10.0 Å². The number of carbonyl (C=O) groups excluding carboxylic acids is 3. The number of rotatable bonds is 6. The lowest BCUT2D eigenvalue weighted by Crippen LogP contribution is -2.44. The van der Waals surface area contributed by atoms with Crippen molar-refractivity contribution in [1.29, 1.82) is 0 Å². The Morgan fingerprint density at radius 3 is 2.38 bits per heavy atom. The summed E-state index contributed by atoms with van der Waals surface area (Å²) in [7, 11) is 1.59. The highest BCUT2D eigenvalue weighted by molar-refractivity contribution is 6.42. The number of imide groups is 1. The number of halogens is 2. The smallest absolute Gasteiger partial charge is 0.264 e. The predicted molar refractivity (Wildman–Crippen MR) is 158 cm³/mol. The molecule has 10 nitrogen and oxygen atoms in total. The molecule has 3 atom stereocenters. The molecular weight excluding hydrogens is 579 g/mol. The summed E-state index contributed by atoms with van der Waals surface area (Å²) in [5.74, 6) is -0.914. The van der Waals surface area contributed by atoms with E-state index in [0.29, 0.717) is 12.2 Å². The molecule has 0 saturated carbocycles. The molecule has 6 rings (SSSR count). The van der Waals surface area contributed by atoms with Gasteiger partial charge in [0.2, 0.25) is 0 Å². The average molecular weight is 605 g/mol. The molecule has 3 aliphatic heterocycles. The van der Waals surface area contributed by atoms with Crippen LogP contribution in [0.4, 0.5) is 5.69 Å². The monoisotopic (exact) mass is 604 g/mol. The molecule has 3 heterocycles. The molecule has 0 aromatic heterocycles. The van der Waals surface area contributed by atoms with E-state index in [4.69, 9.17) is 33.0 Å². The number of fused-ring (bicyclic) bond motifs is 1. The molecule has 0 radical (unpaired) electrons. The fraction of sp³-hybridized carbons (Fsp3) is 0.267. The fourth-order valence-electron chi connectivity index (χ4n) is 5.61. The number of hydrogen-bond acceptors (Lipinski definition) is 8. The SMILES string of the molecule is COc1ccc([C@H]2CC(c3ccc(C)cc3C)=NN2C(=O)CN2N=N[C@@H]3C(=O)N(c4c(Cl)cccc4Cl)C(=O)[C@H]32)cc1. The summed E-state index contributed by atoms with van der Waals surface area (Å²) < 4.78 is 5.31. The lowest BCUT2D eigenvalue weighted by molar-refractivity contribution is -0.135. The first kappa shape index (κ1) is 27.9. The maximum absolute atomic E-state index is 13.9. The van der Waals surface area contributed by atoms with Crippen LogP contribution in [0, 0.1) is 13.8 Å². The summed E-state index contributed by atoms with van der Waals surface area (Å²) in [5.41, 5.74) is 4.88. The van der Waals surface area contributed by atoms with E-state index in [2.05, 4.69) is 16.4 Å². The van der Waals surface area contributed by atoms with Crippen molar-refractivity contribution in [3.05, 3.63) is 93.0 Å². The quantitative estimate of drug-likeness (QED) is 0.355. The lowest BCUT2D eigenvalue weighted by atomic mass is 9.95. The van der Waals surface area contributed by atoms with Gasteiger partial charge in [-0.2, -0.15) is 10.2 Å². The molecule has 42 heavy (non-hydrogen) atoms. The van der Waals surface area contributed by atoms with Crippen molar-refractivity contribution in [3.8, 4) is 5.75 Å². The molecule has 12 heteroatoms. The summed E-state index contributed by atoms with van der Waals surface area (Å²) in [4.78, 5) is 41.5. The zero-order chi connectivity index (χ0) is 29.7. The van der Waals surface area contributed by atoms with E-state index in [-0.39, 0.29) is 22.3 Å². The first-order valence-corrected chi connectivity index (χ1v) is 14.0. The van der Waals surface area contributed by atoms with Gasteiger partial charge in [0.25, 0.3) is 17.7 Å². The van der Waals surface area contributed by atoms with Crippen molar-refractivity contribution >= 4 is 52.3 Å². The standard InChI is InChI=1S/C30H26Cl2N6O4/c1-16-7-12-20(17(2)13-16)23-14-24(18-8-10-19(42-3)11-9-18)38(34-23)25(39)15-36-28-26(33-35-36)29(40)37(30(28)41)27-21(31)5-4-6-22(27)32/h4-13,24,26,28H,14-15H2,1-3H3/t24-,26+,28+/m1/s1. The van der Waals surface area contributed by atoms with E-state index in [0.717, 1.165) is 32.9 Å². The zero-order valence-corrected chi connectivity index (χ0v) is 24.5. The molecule has 0 spiro atoms. The van der Waals surface area contributed by atoms with Crippen LogP contribution in [0.15, 0.2) is 76.1 Å². The van der Waals surface area contributed by atoms with Gasteiger partial charge in [0.05, 0.1) is 34.6 Å². The van der Waals surface area contributed by atoms with Crippen molar-refractivity contribution in [2.45, 2.75) is 38.4 Å². The highest BCUT2D eigenvalue weighted by atomic mass is 35.5. The molecule has 3 aliphatic rings. The van der Waals surface area contributed by atoms with Crippen LogP contribution in [-0.4, -0.2) is 59.2 Å². The number of anilines is 1. The summed E-state index contributed by atoms with van der Waals surface area (Å²) >= 11 is 12.6. The van der Waals surface area contributed by atoms with Gasteiger partial charge in [-0.15, -0.1) is 0 Å². The zero-order valence-electron chi connectivity index (χ0n) is 23.0. The maximum atomic E-state index is 13.9. The first-order valence-electron chi connectivity index (χ1n) is 13.3.